The lowest BCUT2D eigenvalue weighted by atomic mass is 10.1. The number of hydrogen-bond acceptors (Lipinski definition) is 13. The highest BCUT2D eigenvalue weighted by atomic mass is 35.5. The van der Waals surface area contributed by atoms with E-state index < -0.39 is 41.3 Å². The molecule has 0 spiro atoms. The summed E-state index contributed by atoms with van der Waals surface area (Å²) in [5.74, 6) is -0.250. The van der Waals surface area contributed by atoms with Crippen LogP contribution in [0.25, 0.3) is 22.5 Å². The van der Waals surface area contributed by atoms with E-state index in [-0.39, 0.29) is 41.8 Å². The molecule has 6 N–H and O–H groups in total. The molecule has 8 rings (SSSR count). The second-order valence-corrected chi connectivity index (χ2v) is 16.1. The van der Waals surface area contributed by atoms with Crippen LogP contribution >= 0.6 is 23.2 Å². The van der Waals surface area contributed by atoms with Crippen molar-refractivity contribution in [2.24, 2.45) is 0 Å². The summed E-state index contributed by atoms with van der Waals surface area (Å²) in [5, 5.41) is 39.1. The molecule has 6 heterocycles. The quantitative estimate of drug-likeness (QED) is 0.0547. The Balaban J connectivity index is 0.000000197. The summed E-state index contributed by atoms with van der Waals surface area (Å²) >= 11 is 9.49. The Labute approximate surface area is 382 Å². The van der Waals surface area contributed by atoms with Crippen LogP contribution in [0.1, 0.15) is 20.7 Å². The van der Waals surface area contributed by atoms with Gasteiger partial charge in [0.25, 0.3) is 11.8 Å². The van der Waals surface area contributed by atoms with E-state index in [9.17, 15) is 41.8 Å². The van der Waals surface area contributed by atoms with Crippen molar-refractivity contribution in [3.63, 3.8) is 0 Å². The van der Waals surface area contributed by atoms with Gasteiger partial charge in [-0.05, 0) is 86.9 Å². The number of β-amino-alcohol motifs (C(OH)–C–C–N with tert-alkyl or cyclic N) is 2. The number of halogens is 7. The molecule has 17 nitrogen and oxygen atoms in total. The average molecular weight is 961 g/mol. The summed E-state index contributed by atoms with van der Waals surface area (Å²) in [7, 11) is 3.82. The monoisotopic (exact) mass is 959 g/mol. The van der Waals surface area contributed by atoms with Gasteiger partial charge in [-0.3, -0.25) is 19.8 Å². The third-order valence-electron chi connectivity index (χ3n) is 10.3. The molecule has 0 unspecified atom stereocenters. The number of alkyl halides is 7. The number of nitrogens with zero attached hydrogens (tertiary/aromatic N) is 7. The van der Waals surface area contributed by atoms with Gasteiger partial charge in [0.1, 0.15) is 35.4 Å². The smallest absolute Gasteiger partial charge is 0.420 e. The number of H-pyrrole nitrogens is 2. The van der Waals surface area contributed by atoms with Crippen molar-refractivity contribution < 1.29 is 51.2 Å². The predicted molar refractivity (Wildman–Crippen MR) is 234 cm³/mol. The van der Waals surface area contributed by atoms with E-state index in [1.165, 1.54) is 67.1 Å². The third-order valence-corrected chi connectivity index (χ3v) is 10.4. The van der Waals surface area contributed by atoms with Gasteiger partial charge in [0, 0.05) is 90.1 Å². The van der Waals surface area contributed by atoms with Crippen LogP contribution in [0.15, 0.2) is 97.6 Å². The lowest BCUT2D eigenvalue weighted by Crippen LogP contribution is -2.38. The summed E-state index contributed by atoms with van der Waals surface area (Å²) < 4.78 is 73.3. The number of carbonyl (C=O) groups excluding carboxylic acids is 2. The highest BCUT2D eigenvalue weighted by Gasteiger charge is 2.36. The largest absolute Gasteiger partial charge is 0.487 e. The van der Waals surface area contributed by atoms with Crippen LogP contribution in [-0.4, -0.2) is 133 Å². The molecule has 2 fully saturated rings. The number of amides is 2. The Morgan fingerprint density at radius 3 is 1.47 bits per heavy atom. The predicted octanol–water partition coefficient (Wildman–Crippen LogP) is 6.41. The molecule has 2 amide bonds. The Bertz CT molecular complexity index is 2580. The molecular weight excluding hydrogens is 920 g/mol. The summed E-state index contributed by atoms with van der Waals surface area (Å²) in [4.78, 5) is 40.0. The number of nitrogens with one attached hydrogen (secondary N) is 4. The van der Waals surface area contributed by atoms with Crippen molar-refractivity contribution in [3.05, 3.63) is 109 Å². The number of aliphatic hydroxyl groups is 2. The van der Waals surface area contributed by atoms with Crippen LogP contribution in [0.3, 0.4) is 0 Å². The Morgan fingerprint density at radius 1 is 0.697 bits per heavy atom. The lowest BCUT2D eigenvalue weighted by molar-refractivity contribution is -0.0972. The maximum atomic E-state index is 13.8. The highest BCUT2D eigenvalue weighted by Crippen LogP contribution is 2.34. The van der Waals surface area contributed by atoms with Gasteiger partial charge in [-0.1, -0.05) is 0 Å². The van der Waals surface area contributed by atoms with Gasteiger partial charge in [-0.2, -0.15) is 10.2 Å². The van der Waals surface area contributed by atoms with E-state index in [4.69, 9.17) is 23.2 Å². The van der Waals surface area contributed by atoms with Crippen molar-refractivity contribution in [2.45, 2.75) is 35.6 Å². The van der Waals surface area contributed by atoms with Crippen LogP contribution in [0.2, 0.25) is 0 Å². The summed E-state index contributed by atoms with van der Waals surface area (Å²) in [6, 6.07) is 17.2. The minimum absolute atomic E-state index is 0.0311. The molecule has 0 aliphatic carbocycles. The van der Waals surface area contributed by atoms with Gasteiger partial charge >= 0.3 is 11.1 Å². The molecule has 2 saturated heterocycles. The van der Waals surface area contributed by atoms with Crippen molar-refractivity contribution >= 4 is 58.0 Å². The number of ether oxygens (including phenoxy) is 2. The van der Waals surface area contributed by atoms with E-state index in [0.29, 0.717) is 58.6 Å². The van der Waals surface area contributed by atoms with Crippen LogP contribution in [-0.2, 0) is 0 Å². The first kappa shape index (κ1) is 47.4. The van der Waals surface area contributed by atoms with Crippen molar-refractivity contribution in [3.8, 4) is 34.0 Å². The van der Waals surface area contributed by atoms with Crippen LogP contribution in [0.4, 0.5) is 45.0 Å². The normalized spacial score (nSPS) is 18.5. The number of aromatic nitrogens is 6. The molecule has 2 aliphatic heterocycles. The Morgan fingerprint density at radius 2 is 1.12 bits per heavy atom. The van der Waals surface area contributed by atoms with Gasteiger partial charge in [0.15, 0.2) is 0 Å². The molecule has 24 heteroatoms. The molecular formula is C42H40Cl2F5N11O6. The second-order valence-electron chi connectivity index (χ2n) is 15.2. The van der Waals surface area contributed by atoms with Crippen molar-refractivity contribution in [1.82, 2.24) is 35.3 Å². The maximum Gasteiger partial charge on any atom is 0.487 e. The maximum absolute atomic E-state index is 13.8. The first-order valence-corrected chi connectivity index (χ1v) is 20.6. The lowest BCUT2D eigenvalue weighted by Gasteiger charge is -2.23. The van der Waals surface area contributed by atoms with E-state index in [2.05, 4.69) is 50.5 Å². The fourth-order valence-corrected chi connectivity index (χ4v) is 7.31. The number of likely N-dealkylation sites (N-methyl/N-ethyl adjacent to an activating group) is 1. The second kappa shape index (κ2) is 19.9. The fraction of sp³-hybridized carbons (Fsp3) is 0.286. The SMILES string of the molecule is CN(C)[C@H]1CN(c2ncc(C(=O)Nc3ccc(OC(F)(F)Cl)cc3)cc2-c2ccn[nH]2)C[C@@H]1O.O=C(Nc1ccc(OC(F)(F)Cl)cc1)c1cnc(N2C[C@H](O)[C@@H](F)C2)c(-c2ccn[nH]2)c1. The Hall–Kier alpha value is -6.59. The molecule has 2 aliphatic rings. The number of benzene rings is 2. The van der Waals surface area contributed by atoms with Gasteiger partial charge in [-0.25, -0.2) is 14.4 Å². The number of pyridine rings is 2. The summed E-state index contributed by atoms with van der Waals surface area (Å²) in [6.45, 7) is 1.01. The number of carbonyl (C=O) groups is 2. The van der Waals surface area contributed by atoms with E-state index >= 15 is 0 Å². The molecule has 348 valence electrons. The number of anilines is 4. The van der Waals surface area contributed by atoms with Crippen LogP contribution in [0, 0.1) is 0 Å². The van der Waals surface area contributed by atoms with E-state index in [0.717, 1.165) is 0 Å². The van der Waals surface area contributed by atoms with E-state index in [1.54, 1.807) is 35.4 Å². The molecule has 2 aromatic carbocycles. The number of aromatic amines is 2. The minimum atomic E-state index is -3.84. The molecule has 4 aromatic heterocycles. The Kier molecular flexibility index (Phi) is 14.3. The molecule has 4 atom stereocenters. The van der Waals surface area contributed by atoms with Gasteiger partial charge in [0.05, 0.1) is 41.2 Å². The zero-order chi connectivity index (χ0) is 47.3. The molecule has 0 saturated carbocycles. The van der Waals surface area contributed by atoms with Gasteiger partial charge in [0.2, 0.25) is 0 Å². The number of rotatable bonds is 13. The summed E-state index contributed by atoms with van der Waals surface area (Å²) in [6.07, 6.45) is 2.83. The molecule has 0 radical (unpaired) electrons. The summed E-state index contributed by atoms with van der Waals surface area (Å²) in [5.41, 5.74) is -4.09. The highest BCUT2D eigenvalue weighted by molar-refractivity contribution is 6.21. The number of aliphatic hydroxyl groups excluding tert-OH is 2. The molecule has 0 bridgehead atoms. The van der Waals surface area contributed by atoms with E-state index in [1.807, 2.05) is 23.9 Å². The minimum Gasteiger partial charge on any atom is -0.420 e. The van der Waals surface area contributed by atoms with Gasteiger partial charge in [-0.15, -0.1) is 17.6 Å². The number of hydrogen-bond donors (Lipinski definition) is 6. The zero-order valence-corrected chi connectivity index (χ0v) is 36.2. The fourth-order valence-electron chi connectivity index (χ4n) is 7.13. The molecule has 66 heavy (non-hydrogen) atoms. The first-order valence-electron chi connectivity index (χ1n) is 19.8. The van der Waals surface area contributed by atoms with Gasteiger partial charge < -0.3 is 45.0 Å². The standard InChI is InChI=1S/C22H23ClF2N6O3.C20H17ClF3N5O3/c1-30(2)18-11-31(12-19(18)32)20-16(17-7-8-27-29-17)9-13(10-26-20)21(33)28-14-3-5-15(6-4-14)34-22(23,24)25;21-20(23,24)32-13-3-1-12(2-4-13)27-19(31)11-7-14(16-5-6-26-28-16)18(25-8-11)29-9-15(22)17(30)10-29/h3-10,18-19,32H,11-12H2,1-2H3,(H,27,29)(H,28,33);1-8,15,17,30H,9-10H2,(H,26,28)(H,27,31)/t18-,19-;15-,17-/m00/s1. The topological polar surface area (TPSA) is 210 Å². The molecule has 6 aromatic rings. The zero-order valence-electron chi connectivity index (χ0n) is 34.7. The third kappa shape index (κ3) is 12.0. The van der Waals surface area contributed by atoms with Crippen LogP contribution in [0.5, 0.6) is 11.5 Å². The van der Waals surface area contributed by atoms with Crippen molar-refractivity contribution in [1.29, 1.82) is 0 Å². The first-order chi connectivity index (χ1) is 31.3. The van der Waals surface area contributed by atoms with Crippen LogP contribution < -0.4 is 29.9 Å². The van der Waals surface area contributed by atoms with Crippen molar-refractivity contribution in [2.75, 3.05) is 60.7 Å². The average Bonchev–Trinajstić information content (AvgIpc) is 4.11.